The van der Waals surface area contributed by atoms with Gasteiger partial charge < -0.3 is 10.5 Å². The number of hydrogen-bond donors (Lipinski definition) is 1. The number of ether oxygens (including phenoxy) is 1. The lowest BCUT2D eigenvalue weighted by Crippen LogP contribution is -2.30. The van der Waals surface area contributed by atoms with E-state index in [0.29, 0.717) is 12.3 Å². The highest BCUT2D eigenvalue weighted by Gasteiger charge is 2.35. The van der Waals surface area contributed by atoms with E-state index in [9.17, 15) is 0 Å². The SMILES string of the molecule is C=CC1CCC(C#CC2=CN=C(N)N=CC2)(c2ccc(C)c(OC(C)CCC)c2)CC1. The molecule has 0 bridgehead atoms. The summed E-state index contributed by atoms with van der Waals surface area (Å²) in [5.74, 6) is 8.88. The van der Waals surface area contributed by atoms with Crippen LogP contribution in [0.4, 0.5) is 0 Å². The average molecular weight is 418 g/mol. The summed E-state index contributed by atoms with van der Waals surface area (Å²) in [6, 6.07) is 6.63. The summed E-state index contributed by atoms with van der Waals surface area (Å²) in [4.78, 5) is 8.25. The van der Waals surface area contributed by atoms with Crippen molar-refractivity contribution in [2.24, 2.45) is 21.6 Å². The van der Waals surface area contributed by atoms with Gasteiger partial charge in [-0.05, 0) is 69.1 Å². The van der Waals surface area contributed by atoms with Gasteiger partial charge in [-0.3, -0.25) is 0 Å². The monoisotopic (exact) mass is 417 g/mol. The molecule has 1 aromatic carbocycles. The molecule has 1 aliphatic heterocycles. The molecule has 0 aromatic heterocycles. The van der Waals surface area contributed by atoms with Gasteiger partial charge in [0.2, 0.25) is 5.96 Å². The number of aliphatic imine (C=N–C) groups is 2. The maximum Gasteiger partial charge on any atom is 0.219 e. The first-order valence-electron chi connectivity index (χ1n) is 11.4. The molecule has 1 atom stereocenters. The van der Waals surface area contributed by atoms with E-state index in [4.69, 9.17) is 10.5 Å². The first kappa shape index (κ1) is 22.9. The molecule has 0 saturated heterocycles. The molecule has 1 saturated carbocycles. The van der Waals surface area contributed by atoms with E-state index in [1.807, 2.05) is 0 Å². The van der Waals surface area contributed by atoms with E-state index < -0.39 is 0 Å². The van der Waals surface area contributed by atoms with Crippen LogP contribution in [-0.4, -0.2) is 18.3 Å². The van der Waals surface area contributed by atoms with Gasteiger partial charge in [-0.15, -0.1) is 6.58 Å². The highest BCUT2D eigenvalue weighted by Crippen LogP contribution is 2.43. The highest BCUT2D eigenvalue weighted by atomic mass is 16.5. The Kier molecular flexibility index (Phi) is 7.74. The van der Waals surface area contributed by atoms with Crippen LogP contribution >= 0.6 is 0 Å². The number of aryl methyl sites for hydroxylation is 1. The predicted octanol–water partition coefficient (Wildman–Crippen LogP) is 5.85. The molecule has 1 aliphatic carbocycles. The van der Waals surface area contributed by atoms with Crippen LogP contribution in [0.3, 0.4) is 0 Å². The lowest BCUT2D eigenvalue weighted by molar-refractivity contribution is 0.208. The molecule has 164 valence electrons. The molecule has 0 radical (unpaired) electrons. The lowest BCUT2D eigenvalue weighted by Gasteiger charge is -2.36. The number of benzene rings is 1. The number of hydrogen-bond acceptors (Lipinski definition) is 4. The molecular formula is C27H35N3O. The fourth-order valence-corrected chi connectivity index (χ4v) is 4.31. The Bertz CT molecular complexity index is 937. The Balaban J connectivity index is 1.96. The van der Waals surface area contributed by atoms with Crippen molar-refractivity contribution in [1.82, 2.24) is 0 Å². The van der Waals surface area contributed by atoms with Crippen molar-refractivity contribution in [1.29, 1.82) is 0 Å². The van der Waals surface area contributed by atoms with Gasteiger partial charge >= 0.3 is 0 Å². The van der Waals surface area contributed by atoms with E-state index in [1.54, 1.807) is 12.4 Å². The molecule has 3 rings (SSSR count). The van der Waals surface area contributed by atoms with E-state index in [1.165, 1.54) is 11.1 Å². The van der Waals surface area contributed by atoms with Crippen molar-refractivity contribution in [2.45, 2.75) is 77.2 Å². The van der Waals surface area contributed by atoms with Gasteiger partial charge in [-0.2, -0.15) is 0 Å². The molecular weight excluding hydrogens is 382 g/mol. The third-order valence-corrected chi connectivity index (χ3v) is 6.33. The van der Waals surface area contributed by atoms with Crippen LogP contribution in [0.2, 0.25) is 0 Å². The van der Waals surface area contributed by atoms with Crippen molar-refractivity contribution in [2.75, 3.05) is 0 Å². The minimum atomic E-state index is -0.196. The Labute approximate surface area is 187 Å². The summed E-state index contributed by atoms with van der Waals surface area (Å²) in [7, 11) is 0. The van der Waals surface area contributed by atoms with Gasteiger partial charge in [0.25, 0.3) is 0 Å². The van der Waals surface area contributed by atoms with Gasteiger partial charge in [0.05, 0.1) is 11.5 Å². The molecule has 4 nitrogen and oxygen atoms in total. The van der Waals surface area contributed by atoms with Crippen LogP contribution in [0.5, 0.6) is 5.75 Å². The van der Waals surface area contributed by atoms with Crippen molar-refractivity contribution < 1.29 is 4.74 Å². The molecule has 31 heavy (non-hydrogen) atoms. The molecule has 1 heterocycles. The lowest BCUT2D eigenvalue weighted by atomic mass is 9.67. The summed E-state index contributed by atoms with van der Waals surface area (Å²) in [5, 5.41) is 0. The fourth-order valence-electron chi connectivity index (χ4n) is 4.31. The third-order valence-electron chi connectivity index (χ3n) is 6.33. The number of guanidine groups is 1. The number of allylic oxidation sites excluding steroid dienone is 2. The maximum atomic E-state index is 6.30. The highest BCUT2D eigenvalue weighted by molar-refractivity contribution is 5.88. The molecule has 0 spiro atoms. The van der Waals surface area contributed by atoms with Gasteiger partial charge in [0, 0.05) is 24.4 Å². The van der Waals surface area contributed by atoms with Crippen molar-refractivity contribution >= 4 is 12.2 Å². The topological polar surface area (TPSA) is 60.0 Å². The normalized spacial score (nSPS) is 24.2. The molecule has 4 heteroatoms. The van der Waals surface area contributed by atoms with Crippen LogP contribution in [0.1, 0.15) is 69.9 Å². The zero-order valence-electron chi connectivity index (χ0n) is 19.2. The fraction of sp³-hybridized carbons (Fsp3) is 0.481. The van der Waals surface area contributed by atoms with E-state index in [0.717, 1.165) is 49.8 Å². The maximum absolute atomic E-state index is 6.30. The van der Waals surface area contributed by atoms with Gasteiger partial charge in [0.1, 0.15) is 5.75 Å². The zero-order valence-corrected chi connectivity index (χ0v) is 19.2. The first-order valence-corrected chi connectivity index (χ1v) is 11.4. The van der Waals surface area contributed by atoms with Crippen LogP contribution in [-0.2, 0) is 5.41 Å². The smallest absolute Gasteiger partial charge is 0.219 e. The Morgan fingerprint density at radius 1 is 1.35 bits per heavy atom. The van der Waals surface area contributed by atoms with Gasteiger partial charge in [0.15, 0.2) is 0 Å². The molecule has 1 unspecified atom stereocenters. The van der Waals surface area contributed by atoms with Crippen LogP contribution in [0.25, 0.3) is 0 Å². The Morgan fingerprint density at radius 2 is 2.13 bits per heavy atom. The van der Waals surface area contributed by atoms with E-state index >= 15 is 0 Å². The number of nitrogens with two attached hydrogens (primary N) is 1. The summed E-state index contributed by atoms with van der Waals surface area (Å²) in [6.07, 6.45) is 12.9. The Hall–Kier alpha value is -2.80. The van der Waals surface area contributed by atoms with Crippen LogP contribution in [0, 0.1) is 24.7 Å². The van der Waals surface area contributed by atoms with E-state index in [-0.39, 0.29) is 17.5 Å². The van der Waals surface area contributed by atoms with Crippen LogP contribution < -0.4 is 10.5 Å². The average Bonchev–Trinajstić information content (AvgIpc) is 2.98. The second-order valence-electron chi connectivity index (χ2n) is 8.76. The summed E-state index contributed by atoms with van der Waals surface area (Å²) < 4.78 is 6.30. The van der Waals surface area contributed by atoms with Crippen molar-refractivity contribution in [3.63, 3.8) is 0 Å². The summed E-state index contributed by atoms with van der Waals surface area (Å²) >= 11 is 0. The molecule has 2 aliphatic rings. The quantitative estimate of drug-likeness (QED) is 0.466. The van der Waals surface area contributed by atoms with Crippen molar-refractivity contribution in [3.05, 3.63) is 53.8 Å². The molecule has 1 fully saturated rings. The second-order valence-corrected chi connectivity index (χ2v) is 8.76. The zero-order chi connectivity index (χ0) is 22.3. The second kappa shape index (κ2) is 10.5. The van der Waals surface area contributed by atoms with Crippen molar-refractivity contribution in [3.8, 4) is 17.6 Å². The number of nitrogens with zero attached hydrogens (tertiary/aromatic N) is 2. The third kappa shape index (κ3) is 5.88. The molecule has 0 amide bonds. The molecule has 2 N–H and O–H groups in total. The summed E-state index contributed by atoms with van der Waals surface area (Å²) in [5.41, 5.74) is 8.87. The largest absolute Gasteiger partial charge is 0.490 e. The first-order chi connectivity index (χ1) is 15.0. The standard InChI is InChI=1S/C27H35N3O/c1-5-7-21(4)31-25-18-24(9-8-20(25)3)27(14-10-22(6-2)11-15-27)16-12-23-13-17-29-26(28)30-19-23/h6,8-9,17-19,21-22H,2,5,7,10-11,13-15H2,1,3-4H3,(H2,28,30). The minimum Gasteiger partial charge on any atom is -0.490 e. The summed E-state index contributed by atoms with van der Waals surface area (Å²) in [6.45, 7) is 10.5. The minimum absolute atomic E-state index is 0.196. The van der Waals surface area contributed by atoms with Gasteiger partial charge in [-0.1, -0.05) is 43.4 Å². The predicted molar refractivity (Wildman–Crippen MR) is 131 cm³/mol. The van der Waals surface area contributed by atoms with Crippen LogP contribution in [0.15, 0.2) is 52.6 Å². The Morgan fingerprint density at radius 3 is 2.84 bits per heavy atom. The number of rotatable bonds is 6. The molecule has 1 aromatic rings. The van der Waals surface area contributed by atoms with Gasteiger partial charge in [-0.25, -0.2) is 9.98 Å². The van der Waals surface area contributed by atoms with E-state index in [2.05, 4.69) is 73.5 Å².